The molecule has 1 N–H and O–H groups in total. The quantitative estimate of drug-likeness (QED) is 0.606. The van der Waals surface area contributed by atoms with Crippen molar-refractivity contribution < 1.29 is 41.0 Å². The molecule has 6 nitrogen and oxygen atoms in total. The fraction of sp³-hybridized carbons (Fsp3) is 0.188. The lowest BCUT2D eigenvalue weighted by Gasteiger charge is -2.09. The number of pyridine rings is 1. The number of esters is 1. The maximum absolute atomic E-state index is 13.4. The first-order valence-electron chi connectivity index (χ1n) is 7.22. The minimum absolute atomic E-state index is 0.154. The second-order valence-electron chi connectivity index (χ2n) is 5.04. The number of nitrogens with zero attached hydrogens (tertiary/aromatic N) is 1. The third-order valence-electron chi connectivity index (χ3n) is 2.89. The summed E-state index contributed by atoms with van der Waals surface area (Å²) in [6.45, 7) is -2.35. The molecule has 144 valence electrons. The molecule has 0 saturated heterocycles. The molecule has 1 heterocycles. The molecule has 0 bridgehead atoms. The zero-order valence-corrected chi connectivity index (χ0v) is 13.3. The second-order valence-corrected chi connectivity index (χ2v) is 5.04. The number of anilines is 1. The predicted molar refractivity (Wildman–Crippen MR) is 81.1 cm³/mol. The van der Waals surface area contributed by atoms with Crippen LogP contribution in [0.25, 0.3) is 0 Å². The van der Waals surface area contributed by atoms with Gasteiger partial charge in [-0.05, 0) is 18.2 Å². The summed E-state index contributed by atoms with van der Waals surface area (Å²) in [6.07, 6.45) is -3.63. The summed E-state index contributed by atoms with van der Waals surface area (Å²) in [4.78, 5) is 26.9. The van der Waals surface area contributed by atoms with E-state index in [9.17, 15) is 31.5 Å². The molecule has 1 amide bonds. The van der Waals surface area contributed by atoms with Gasteiger partial charge in [0.1, 0.15) is 11.6 Å². The van der Waals surface area contributed by atoms with Gasteiger partial charge in [0, 0.05) is 18.3 Å². The molecular weight excluding hydrogens is 379 g/mol. The summed E-state index contributed by atoms with van der Waals surface area (Å²) in [6, 6.07) is 4.53. The Bertz CT molecular complexity index is 825. The van der Waals surface area contributed by atoms with Crippen LogP contribution in [0, 0.1) is 11.6 Å². The van der Waals surface area contributed by atoms with E-state index in [1.54, 1.807) is 0 Å². The van der Waals surface area contributed by atoms with Gasteiger partial charge in [0.25, 0.3) is 5.91 Å². The number of alkyl halides is 3. The number of rotatable bonds is 6. The monoisotopic (exact) mass is 390 g/mol. The maximum Gasteiger partial charge on any atom is 0.422 e. The van der Waals surface area contributed by atoms with Gasteiger partial charge in [0.15, 0.2) is 13.2 Å². The van der Waals surface area contributed by atoms with Gasteiger partial charge in [0.2, 0.25) is 5.88 Å². The molecule has 1 aromatic carbocycles. The van der Waals surface area contributed by atoms with Gasteiger partial charge in [-0.25, -0.2) is 18.6 Å². The molecule has 0 aliphatic heterocycles. The summed E-state index contributed by atoms with van der Waals surface area (Å²) in [5.41, 5.74) is -0.581. The van der Waals surface area contributed by atoms with Crippen LogP contribution in [-0.2, 0) is 9.53 Å². The van der Waals surface area contributed by atoms with Gasteiger partial charge in [0.05, 0.1) is 11.3 Å². The van der Waals surface area contributed by atoms with Crippen LogP contribution in [-0.4, -0.2) is 36.3 Å². The van der Waals surface area contributed by atoms with E-state index >= 15 is 0 Å². The van der Waals surface area contributed by atoms with Crippen molar-refractivity contribution in [2.75, 3.05) is 18.5 Å². The van der Waals surface area contributed by atoms with E-state index < -0.39 is 48.6 Å². The molecule has 0 aliphatic carbocycles. The van der Waals surface area contributed by atoms with Crippen LogP contribution in [0.1, 0.15) is 10.4 Å². The van der Waals surface area contributed by atoms with E-state index in [1.807, 2.05) is 5.32 Å². The van der Waals surface area contributed by atoms with Crippen LogP contribution in [0.3, 0.4) is 0 Å². The third kappa shape index (κ3) is 6.53. The van der Waals surface area contributed by atoms with E-state index in [2.05, 4.69) is 14.5 Å². The lowest BCUT2D eigenvalue weighted by atomic mass is 10.3. The molecule has 0 unspecified atom stereocenters. The normalized spacial score (nSPS) is 11.0. The van der Waals surface area contributed by atoms with Crippen LogP contribution >= 0.6 is 0 Å². The lowest BCUT2D eigenvalue weighted by Crippen LogP contribution is -2.22. The number of nitrogens with one attached hydrogen (secondary N) is 1. The van der Waals surface area contributed by atoms with E-state index in [0.717, 1.165) is 36.5 Å². The average Bonchev–Trinajstić information content (AvgIpc) is 2.61. The third-order valence-corrected chi connectivity index (χ3v) is 2.89. The van der Waals surface area contributed by atoms with Crippen molar-refractivity contribution in [1.29, 1.82) is 0 Å². The van der Waals surface area contributed by atoms with Crippen molar-refractivity contribution in [3.63, 3.8) is 0 Å². The molecule has 1 aromatic heterocycles. The second kappa shape index (κ2) is 8.43. The van der Waals surface area contributed by atoms with Gasteiger partial charge >= 0.3 is 12.1 Å². The van der Waals surface area contributed by atoms with Crippen molar-refractivity contribution in [3.8, 4) is 5.88 Å². The largest absolute Gasteiger partial charge is 0.468 e. The Balaban J connectivity index is 1.86. The van der Waals surface area contributed by atoms with Crippen molar-refractivity contribution in [2.45, 2.75) is 6.18 Å². The number of carbonyl (C=O) groups excluding carboxylic acids is 2. The first-order chi connectivity index (χ1) is 12.6. The molecular formula is C16H11F5N2O4. The molecule has 27 heavy (non-hydrogen) atoms. The summed E-state index contributed by atoms with van der Waals surface area (Å²) in [5, 5.41) is 2.02. The minimum atomic E-state index is -4.53. The predicted octanol–water partition coefficient (Wildman–Crippen LogP) is 3.10. The van der Waals surface area contributed by atoms with Gasteiger partial charge in [-0.1, -0.05) is 0 Å². The Morgan fingerprint density at radius 1 is 1.11 bits per heavy atom. The van der Waals surface area contributed by atoms with Crippen LogP contribution in [0.5, 0.6) is 5.88 Å². The Morgan fingerprint density at radius 3 is 2.48 bits per heavy atom. The summed E-state index contributed by atoms with van der Waals surface area (Å²) >= 11 is 0. The zero-order chi connectivity index (χ0) is 20.0. The molecule has 0 saturated carbocycles. The highest BCUT2D eigenvalue weighted by atomic mass is 19.4. The van der Waals surface area contributed by atoms with Crippen molar-refractivity contribution in [2.24, 2.45) is 0 Å². The molecule has 0 aliphatic rings. The van der Waals surface area contributed by atoms with Gasteiger partial charge in [-0.15, -0.1) is 0 Å². The topological polar surface area (TPSA) is 77.5 Å². The van der Waals surface area contributed by atoms with Crippen LogP contribution in [0.2, 0.25) is 0 Å². The van der Waals surface area contributed by atoms with Crippen molar-refractivity contribution in [1.82, 2.24) is 4.98 Å². The molecule has 0 radical (unpaired) electrons. The van der Waals surface area contributed by atoms with Gasteiger partial charge in [-0.3, -0.25) is 4.79 Å². The average molecular weight is 390 g/mol. The van der Waals surface area contributed by atoms with Gasteiger partial charge in [-0.2, -0.15) is 13.2 Å². The molecule has 2 rings (SSSR count). The Morgan fingerprint density at radius 2 is 1.85 bits per heavy atom. The first-order valence-corrected chi connectivity index (χ1v) is 7.22. The van der Waals surface area contributed by atoms with E-state index in [1.165, 1.54) is 0 Å². The van der Waals surface area contributed by atoms with Gasteiger partial charge < -0.3 is 14.8 Å². The number of hydrogen-bond donors (Lipinski definition) is 1. The molecule has 2 aromatic rings. The van der Waals surface area contributed by atoms with E-state index in [-0.39, 0.29) is 11.4 Å². The molecule has 0 atom stereocenters. The first kappa shape index (κ1) is 20.1. The van der Waals surface area contributed by atoms with Crippen LogP contribution < -0.4 is 10.1 Å². The highest BCUT2D eigenvalue weighted by Crippen LogP contribution is 2.17. The number of benzene rings is 1. The number of halogens is 5. The van der Waals surface area contributed by atoms with Crippen molar-refractivity contribution >= 4 is 17.6 Å². The summed E-state index contributed by atoms with van der Waals surface area (Å²) in [7, 11) is 0. The SMILES string of the molecule is O=C(COC(=O)c1ccc(OCC(F)(F)F)nc1)Nc1cc(F)ccc1F. The Kier molecular flexibility index (Phi) is 6.27. The van der Waals surface area contributed by atoms with Crippen LogP contribution in [0.4, 0.5) is 27.6 Å². The van der Waals surface area contributed by atoms with E-state index in [0.29, 0.717) is 0 Å². The maximum atomic E-state index is 13.4. The highest BCUT2D eigenvalue weighted by molar-refractivity contribution is 5.95. The number of ether oxygens (including phenoxy) is 2. The fourth-order valence-electron chi connectivity index (χ4n) is 1.74. The van der Waals surface area contributed by atoms with E-state index in [4.69, 9.17) is 0 Å². The van der Waals surface area contributed by atoms with Crippen molar-refractivity contribution in [3.05, 3.63) is 53.7 Å². The highest BCUT2D eigenvalue weighted by Gasteiger charge is 2.28. The minimum Gasteiger partial charge on any atom is -0.468 e. The smallest absolute Gasteiger partial charge is 0.422 e. The Labute approximate surface area is 148 Å². The summed E-state index contributed by atoms with van der Waals surface area (Å²) in [5.74, 6) is -3.94. The molecule has 0 fully saturated rings. The number of aromatic nitrogens is 1. The summed E-state index contributed by atoms with van der Waals surface area (Å²) < 4.78 is 71.5. The zero-order valence-electron chi connectivity index (χ0n) is 13.3. The Hall–Kier alpha value is -3.24. The van der Waals surface area contributed by atoms with Crippen LogP contribution in [0.15, 0.2) is 36.5 Å². The number of hydrogen-bond acceptors (Lipinski definition) is 5. The lowest BCUT2D eigenvalue weighted by molar-refractivity contribution is -0.154. The molecule has 11 heteroatoms. The standard InChI is InChI=1S/C16H11F5N2O4/c17-10-2-3-11(18)12(5-10)23-13(24)7-26-15(25)9-1-4-14(22-6-9)27-8-16(19,20)21/h1-6H,7-8H2,(H,23,24). The number of amides is 1. The molecule has 0 spiro atoms. The fourth-order valence-corrected chi connectivity index (χ4v) is 1.74. The number of carbonyl (C=O) groups is 2.